The fourth-order valence-corrected chi connectivity index (χ4v) is 5.84. The molecule has 2 aliphatic heterocycles. The number of nitrogens with one attached hydrogen (secondary N) is 1. The molecular formula is C28H40N5OS+. The standard InChI is InChI=1S/C28H39N5OS/c1-8-19-15-21(31(6)7)17-23-25(19)29-26-20(9-2)16-22(18-24(26)35-23)32-11-10-12-33(14-13-32)27(34)30-28(3,4)5/h15-18H,8-14H2,1-7H3/p+1. The van der Waals surface area contributed by atoms with E-state index in [2.05, 4.69) is 67.0 Å². The quantitative estimate of drug-likeness (QED) is 0.428. The highest BCUT2D eigenvalue weighted by Gasteiger charge is 2.23. The van der Waals surface area contributed by atoms with Crippen LogP contribution in [-0.4, -0.2) is 61.7 Å². The lowest BCUT2D eigenvalue weighted by molar-refractivity contribution is 0.192. The van der Waals surface area contributed by atoms with Gasteiger partial charge in [-0.05, 0) is 63.3 Å². The maximum Gasteiger partial charge on any atom is 0.317 e. The van der Waals surface area contributed by atoms with Gasteiger partial charge in [-0.1, -0.05) is 13.8 Å². The van der Waals surface area contributed by atoms with Crippen LogP contribution in [0.5, 0.6) is 0 Å². The van der Waals surface area contributed by atoms with Gasteiger partial charge in [0.1, 0.15) is 14.1 Å². The first-order valence-corrected chi connectivity index (χ1v) is 13.6. The van der Waals surface area contributed by atoms with Crippen LogP contribution in [0.3, 0.4) is 0 Å². The highest BCUT2D eigenvalue weighted by molar-refractivity contribution is 7.21. The van der Waals surface area contributed by atoms with Crippen LogP contribution in [0.4, 0.5) is 10.5 Å². The third kappa shape index (κ3) is 5.61. The van der Waals surface area contributed by atoms with Crippen molar-refractivity contribution in [2.75, 3.05) is 45.2 Å². The zero-order chi connectivity index (χ0) is 25.3. The van der Waals surface area contributed by atoms with Crippen LogP contribution in [0.1, 0.15) is 52.2 Å². The molecule has 0 aromatic heterocycles. The number of carbonyl (C=O) groups excluding carboxylic acids is 1. The first kappa shape index (κ1) is 25.4. The molecule has 0 saturated carbocycles. The van der Waals surface area contributed by atoms with Gasteiger partial charge in [0.25, 0.3) is 0 Å². The molecule has 7 heteroatoms. The first-order valence-electron chi connectivity index (χ1n) is 12.8. The van der Waals surface area contributed by atoms with E-state index in [1.807, 2.05) is 37.0 Å². The molecule has 1 fully saturated rings. The molecule has 188 valence electrons. The maximum atomic E-state index is 12.7. The predicted molar refractivity (Wildman–Crippen MR) is 149 cm³/mol. The van der Waals surface area contributed by atoms with Gasteiger partial charge < -0.3 is 15.1 Å². The lowest BCUT2D eigenvalue weighted by Crippen LogP contribution is -2.49. The molecule has 1 aliphatic carbocycles. The number of rotatable bonds is 3. The Labute approximate surface area is 213 Å². The average Bonchev–Trinajstić information content (AvgIpc) is 3.06. The van der Waals surface area contributed by atoms with Gasteiger partial charge in [-0.2, -0.15) is 0 Å². The van der Waals surface area contributed by atoms with Gasteiger partial charge in [0.2, 0.25) is 5.36 Å². The summed E-state index contributed by atoms with van der Waals surface area (Å²) >= 11 is 1.85. The van der Waals surface area contributed by atoms with Crippen LogP contribution in [0, 0.1) is 0 Å². The second-order valence-corrected chi connectivity index (χ2v) is 11.8. The number of aromatic nitrogens is 1. The van der Waals surface area contributed by atoms with Crippen LogP contribution in [-0.2, 0) is 12.8 Å². The molecule has 0 atom stereocenters. The molecule has 2 amide bonds. The van der Waals surface area contributed by atoms with Crippen molar-refractivity contribution in [3.05, 3.63) is 40.7 Å². The van der Waals surface area contributed by atoms with Crippen LogP contribution in [0.15, 0.2) is 24.3 Å². The third-order valence-electron chi connectivity index (χ3n) is 6.63. The monoisotopic (exact) mass is 494 g/mol. The maximum absolute atomic E-state index is 12.7. The predicted octanol–water partition coefficient (Wildman–Crippen LogP) is 4.58. The SMILES string of the molecule is CCc1cc(=[N+](C)C)cc2sc3cc(N4CCCN(C(=O)NC(C)(C)C)CC4)cc(CC)c3nc1-2. The fourth-order valence-electron chi connectivity index (χ4n) is 4.70. The minimum absolute atomic E-state index is 0.0356. The van der Waals surface area contributed by atoms with E-state index in [1.54, 1.807) is 0 Å². The number of anilines is 1. The molecular weight excluding hydrogens is 454 g/mol. The Balaban J connectivity index is 1.71. The number of aryl methyl sites for hydroxylation is 2. The Bertz CT molecular complexity index is 1270. The molecule has 0 bridgehead atoms. The number of hydrogen-bond donors (Lipinski definition) is 1. The average molecular weight is 495 g/mol. The molecule has 4 rings (SSSR count). The number of benzene rings is 2. The molecule has 3 aliphatic rings. The molecule has 2 heterocycles. The number of amides is 2. The molecule has 6 nitrogen and oxygen atoms in total. The van der Waals surface area contributed by atoms with Gasteiger partial charge in [0.15, 0.2) is 0 Å². The summed E-state index contributed by atoms with van der Waals surface area (Å²) in [5, 5.41) is 4.33. The molecule has 1 aromatic rings. The fraction of sp³-hybridized carbons (Fsp3) is 0.536. The molecule has 1 aromatic carbocycles. The van der Waals surface area contributed by atoms with Gasteiger partial charge >= 0.3 is 6.03 Å². The van der Waals surface area contributed by atoms with Gasteiger partial charge in [0, 0.05) is 49.5 Å². The van der Waals surface area contributed by atoms with Crippen molar-refractivity contribution in [2.24, 2.45) is 0 Å². The van der Waals surface area contributed by atoms with Crippen LogP contribution < -0.4 is 20.1 Å². The number of urea groups is 1. The van der Waals surface area contributed by atoms with Crippen molar-refractivity contribution in [1.82, 2.24) is 19.8 Å². The summed E-state index contributed by atoms with van der Waals surface area (Å²) in [7, 11) is 4.19. The largest absolute Gasteiger partial charge is 0.370 e. The Morgan fingerprint density at radius 2 is 1.77 bits per heavy atom. The van der Waals surface area contributed by atoms with Gasteiger partial charge in [-0.25, -0.2) is 14.4 Å². The van der Waals surface area contributed by atoms with E-state index in [4.69, 9.17) is 4.98 Å². The van der Waals surface area contributed by atoms with Crippen LogP contribution >= 0.6 is 11.3 Å². The van der Waals surface area contributed by atoms with E-state index in [0.29, 0.717) is 0 Å². The number of fused-ring (bicyclic) bond motifs is 2. The molecule has 0 radical (unpaired) electrons. The van der Waals surface area contributed by atoms with E-state index in [0.717, 1.165) is 56.7 Å². The Morgan fingerprint density at radius 1 is 1.03 bits per heavy atom. The second kappa shape index (κ2) is 10.1. The molecule has 0 spiro atoms. The van der Waals surface area contributed by atoms with E-state index < -0.39 is 0 Å². The summed E-state index contributed by atoms with van der Waals surface area (Å²) in [6.07, 6.45) is 2.87. The van der Waals surface area contributed by atoms with E-state index in [9.17, 15) is 4.79 Å². The second-order valence-electron chi connectivity index (χ2n) is 10.7. The Kier molecular flexibility index (Phi) is 7.36. The van der Waals surface area contributed by atoms with Crippen molar-refractivity contribution < 1.29 is 4.79 Å². The summed E-state index contributed by atoms with van der Waals surface area (Å²) < 4.78 is 3.40. The molecule has 1 saturated heterocycles. The van der Waals surface area contributed by atoms with Crippen molar-refractivity contribution in [2.45, 2.75) is 59.4 Å². The lowest BCUT2D eigenvalue weighted by atomic mass is 10.1. The van der Waals surface area contributed by atoms with Crippen molar-refractivity contribution >= 4 is 33.3 Å². The molecule has 35 heavy (non-hydrogen) atoms. The molecule has 1 N–H and O–H groups in total. The zero-order valence-electron chi connectivity index (χ0n) is 22.4. The smallest absolute Gasteiger partial charge is 0.317 e. The van der Waals surface area contributed by atoms with Gasteiger partial charge in [-0.3, -0.25) is 0 Å². The van der Waals surface area contributed by atoms with Gasteiger partial charge in [0.05, 0.1) is 20.8 Å². The van der Waals surface area contributed by atoms with E-state index in [1.165, 1.54) is 31.7 Å². The summed E-state index contributed by atoms with van der Waals surface area (Å²) in [5.41, 5.74) is 5.87. The lowest BCUT2D eigenvalue weighted by Gasteiger charge is -2.28. The number of hydrogen-bond acceptors (Lipinski definition) is 4. The topological polar surface area (TPSA) is 51.5 Å². The van der Waals surface area contributed by atoms with Crippen molar-refractivity contribution in [1.29, 1.82) is 0 Å². The van der Waals surface area contributed by atoms with E-state index in [-0.39, 0.29) is 11.6 Å². The summed E-state index contributed by atoms with van der Waals surface area (Å²) in [5.74, 6) is 0. The third-order valence-corrected chi connectivity index (χ3v) is 7.69. The Morgan fingerprint density at radius 3 is 2.43 bits per heavy atom. The minimum Gasteiger partial charge on any atom is -0.370 e. The van der Waals surface area contributed by atoms with Crippen LogP contribution in [0.2, 0.25) is 0 Å². The van der Waals surface area contributed by atoms with Crippen LogP contribution in [0.25, 0.3) is 20.8 Å². The minimum atomic E-state index is -0.224. The highest BCUT2D eigenvalue weighted by Crippen LogP contribution is 2.36. The summed E-state index contributed by atoms with van der Waals surface area (Å²) in [4.78, 5) is 23.6. The van der Waals surface area contributed by atoms with Gasteiger partial charge in [-0.15, -0.1) is 11.3 Å². The first-order chi connectivity index (χ1) is 16.6. The van der Waals surface area contributed by atoms with Crippen molar-refractivity contribution in [3.8, 4) is 10.6 Å². The van der Waals surface area contributed by atoms with Crippen molar-refractivity contribution in [3.63, 3.8) is 0 Å². The Hall–Kier alpha value is -2.67. The summed E-state index contributed by atoms with van der Waals surface area (Å²) in [6, 6.07) is 9.20. The number of nitrogens with zero attached hydrogens (tertiary/aromatic N) is 4. The number of carbonyl (C=O) groups is 1. The van der Waals surface area contributed by atoms with E-state index >= 15 is 0 Å². The zero-order valence-corrected chi connectivity index (χ0v) is 23.2. The summed E-state index contributed by atoms with van der Waals surface area (Å²) in [6.45, 7) is 13.8. The highest BCUT2D eigenvalue weighted by atomic mass is 32.1. The normalized spacial score (nSPS) is 14.9. The molecule has 0 unspecified atom stereocenters.